The third-order valence-electron chi connectivity index (χ3n) is 6.19. The first kappa shape index (κ1) is 26.9. The van der Waals surface area contributed by atoms with Crippen LogP contribution in [0.4, 0.5) is 13.2 Å². The summed E-state index contributed by atoms with van der Waals surface area (Å²) in [4.78, 5) is 31.5. The summed E-state index contributed by atoms with van der Waals surface area (Å²) >= 11 is 0. The van der Waals surface area contributed by atoms with Gasteiger partial charge in [0.1, 0.15) is 11.5 Å². The average Bonchev–Trinajstić information content (AvgIpc) is 3.12. The number of hydrogen-bond donors (Lipinski definition) is 1. The Morgan fingerprint density at radius 3 is 2.42 bits per heavy atom. The summed E-state index contributed by atoms with van der Waals surface area (Å²) in [5, 5.41) is 11.3. The molecule has 38 heavy (non-hydrogen) atoms. The number of carbonyl (C=O) groups is 2. The van der Waals surface area contributed by atoms with Crippen LogP contribution in [0, 0.1) is 12.8 Å². The SMILES string of the molecule is Cc1cc(/C(O)=C2\C(=O)C(=O)N(Cc3cccc(C(F)(F)F)c3)C2c2ccncc2)ccc1OCC(C)C. The van der Waals surface area contributed by atoms with Crippen LogP contribution >= 0.6 is 0 Å². The number of hydrogen-bond acceptors (Lipinski definition) is 5. The number of aromatic nitrogens is 1. The fourth-order valence-corrected chi connectivity index (χ4v) is 4.35. The van der Waals surface area contributed by atoms with Gasteiger partial charge in [-0.2, -0.15) is 13.2 Å². The van der Waals surface area contributed by atoms with Crippen molar-refractivity contribution in [3.63, 3.8) is 0 Å². The van der Waals surface area contributed by atoms with E-state index < -0.39 is 29.5 Å². The standard InChI is InChI=1S/C29H27F3N2O4/c1-17(2)16-38-23-8-7-21(13-18(23)3)26(35)24-25(20-9-11-33-12-10-20)34(28(37)27(24)36)15-19-5-4-6-22(14-19)29(30,31)32/h4-14,17,25,35H,15-16H2,1-3H3/b26-24+. The van der Waals surface area contributed by atoms with Gasteiger partial charge in [-0.15, -0.1) is 0 Å². The fourth-order valence-electron chi connectivity index (χ4n) is 4.35. The van der Waals surface area contributed by atoms with Gasteiger partial charge < -0.3 is 14.7 Å². The molecule has 2 aromatic carbocycles. The number of Topliss-reactive ketones (excluding diaryl/α,β-unsaturated/α-hetero) is 1. The topological polar surface area (TPSA) is 79.7 Å². The highest BCUT2D eigenvalue weighted by Gasteiger charge is 2.46. The number of aliphatic hydroxyl groups excluding tert-OH is 1. The van der Waals surface area contributed by atoms with Crippen molar-refractivity contribution in [3.8, 4) is 5.75 Å². The van der Waals surface area contributed by atoms with Gasteiger partial charge in [0.25, 0.3) is 11.7 Å². The van der Waals surface area contributed by atoms with Crippen molar-refractivity contribution >= 4 is 17.4 Å². The van der Waals surface area contributed by atoms with E-state index in [0.29, 0.717) is 29.4 Å². The number of ether oxygens (including phenoxy) is 1. The highest BCUT2D eigenvalue weighted by molar-refractivity contribution is 6.46. The van der Waals surface area contributed by atoms with E-state index in [0.717, 1.165) is 17.7 Å². The number of halogens is 3. The van der Waals surface area contributed by atoms with E-state index in [-0.39, 0.29) is 23.4 Å². The van der Waals surface area contributed by atoms with E-state index >= 15 is 0 Å². The smallest absolute Gasteiger partial charge is 0.416 e. The molecule has 2 heterocycles. The van der Waals surface area contributed by atoms with Crippen LogP contribution in [0.2, 0.25) is 0 Å². The van der Waals surface area contributed by atoms with E-state index in [4.69, 9.17) is 4.74 Å². The number of rotatable bonds is 7. The maximum atomic E-state index is 13.3. The molecule has 0 radical (unpaired) electrons. The third-order valence-corrected chi connectivity index (χ3v) is 6.19. The minimum atomic E-state index is -4.56. The van der Waals surface area contributed by atoms with E-state index in [2.05, 4.69) is 4.98 Å². The van der Waals surface area contributed by atoms with Crippen LogP contribution in [0.15, 0.2) is 72.6 Å². The summed E-state index contributed by atoms with van der Waals surface area (Å²) in [5.74, 6) is -1.27. The van der Waals surface area contributed by atoms with Gasteiger partial charge in [0, 0.05) is 24.5 Å². The van der Waals surface area contributed by atoms with Crippen LogP contribution in [-0.4, -0.2) is 33.3 Å². The lowest BCUT2D eigenvalue weighted by Crippen LogP contribution is -2.29. The molecule has 1 amide bonds. The molecule has 0 aliphatic carbocycles. The van der Waals surface area contributed by atoms with Crippen molar-refractivity contribution < 1.29 is 32.6 Å². The van der Waals surface area contributed by atoms with Crippen molar-refractivity contribution in [2.45, 2.75) is 39.5 Å². The van der Waals surface area contributed by atoms with Gasteiger partial charge in [0.2, 0.25) is 0 Å². The van der Waals surface area contributed by atoms with Gasteiger partial charge in [-0.1, -0.05) is 26.0 Å². The summed E-state index contributed by atoms with van der Waals surface area (Å²) in [6, 6.07) is 11.7. The summed E-state index contributed by atoms with van der Waals surface area (Å²) in [5.41, 5.74) is 0.721. The van der Waals surface area contributed by atoms with E-state index in [9.17, 15) is 27.9 Å². The van der Waals surface area contributed by atoms with Crippen molar-refractivity contribution in [3.05, 3.63) is 100 Å². The van der Waals surface area contributed by atoms with Crippen molar-refractivity contribution in [2.75, 3.05) is 6.61 Å². The Morgan fingerprint density at radius 1 is 1.08 bits per heavy atom. The molecule has 0 spiro atoms. The molecule has 1 saturated heterocycles. The maximum Gasteiger partial charge on any atom is 0.416 e. The Hall–Kier alpha value is -4.14. The monoisotopic (exact) mass is 524 g/mol. The van der Waals surface area contributed by atoms with Gasteiger partial charge in [-0.05, 0) is 72.0 Å². The zero-order valence-corrected chi connectivity index (χ0v) is 21.1. The van der Waals surface area contributed by atoms with E-state index in [1.54, 1.807) is 37.3 Å². The molecule has 9 heteroatoms. The van der Waals surface area contributed by atoms with E-state index in [1.807, 2.05) is 13.8 Å². The summed E-state index contributed by atoms with van der Waals surface area (Å²) < 4.78 is 45.6. The van der Waals surface area contributed by atoms with Gasteiger partial charge >= 0.3 is 6.18 Å². The van der Waals surface area contributed by atoms with Gasteiger partial charge in [0.15, 0.2) is 0 Å². The van der Waals surface area contributed by atoms with Crippen LogP contribution < -0.4 is 4.74 Å². The lowest BCUT2D eigenvalue weighted by atomic mass is 9.95. The van der Waals surface area contributed by atoms with Crippen LogP contribution in [0.1, 0.15) is 47.7 Å². The molecule has 1 N–H and O–H groups in total. The first-order valence-corrected chi connectivity index (χ1v) is 12.1. The van der Waals surface area contributed by atoms with Crippen LogP contribution in [0.5, 0.6) is 5.75 Å². The minimum Gasteiger partial charge on any atom is -0.507 e. The van der Waals surface area contributed by atoms with Crippen molar-refractivity contribution in [2.24, 2.45) is 5.92 Å². The fraction of sp³-hybridized carbons (Fsp3) is 0.276. The zero-order valence-electron chi connectivity index (χ0n) is 21.1. The Bertz CT molecular complexity index is 1380. The van der Waals surface area contributed by atoms with Gasteiger partial charge in [-0.25, -0.2) is 0 Å². The highest BCUT2D eigenvalue weighted by atomic mass is 19.4. The molecule has 1 atom stereocenters. The number of aliphatic hydroxyl groups is 1. The van der Waals surface area contributed by atoms with Crippen LogP contribution in [0.25, 0.3) is 5.76 Å². The molecule has 6 nitrogen and oxygen atoms in total. The van der Waals surface area contributed by atoms with E-state index in [1.165, 1.54) is 29.4 Å². The second kappa shape index (κ2) is 10.7. The molecule has 1 aliphatic heterocycles. The minimum absolute atomic E-state index is 0.150. The number of nitrogens with zero attached hydrogens (tertiary/aromatic N) is 2. The molecule has 0 saturated carbocycles. The second-order valence-electron chi connectivity index (χ2n) is 9.59. The quantitative estimate of drug-likeness (QED) is 0.231. The summed E-state index contributed by atoms with van der Waals surface area (Å²) in [6.07, 6.45) is -1.60. The lowest BCUT2D eigenvalue weighted by Gasteiger charge is -2.25. The average molecular weight is 525 g/mol. The lowest BCUT2D eigenvalue weighted by molar-refractivity contribution is -0.140. The van der Waals surface area contributed by atoms with Crippen molar-refractivity contribution in [1.82, 2.24) is 9.88 Å². The number of aryl methyl sites for hydroxylation is 1. The predicted molar refractivity (Wildman–Crippen MR) is 135 cm³/mol. The largest absolute Gasteiger partial charge is 0.507 e. The normalized spacial score (nSPS) is 17.3. The molecule has 1 aliphatic rings. The molecular formula is C29H27F3N2O4. The number of benzene rings is 2. The molecule has 3 aromatic rings. The zero-order chi connectivity index (χ0) is 27.6. The summed E-state index contributed by atoms with van der Waals surface area (Å²) in [7, 11) is 0. The number of amides is 1. The Kier molecular flexibility index (Phi) is 7.57. The number of likely N-dealkylation sites (tertiary alicyclic amines) is 1. The molecule has 1 fully saturated rings. The molecular weight excluding hydrogens is 497 g/mol. The molecule has 4 rings (SSSR count). The summed E-state index contributed by atoms with van der Waals surface area (Å²) in [6.45, 7) is 6.09. The van der Waals surface area contributed by atoms with Gasteiger partial charge in [-0.3, -0.25) is 14.6 Å². The Morgan fingerprint density at radius 2 is 1.79 bits per heavy atom. The number of carbonyl (C=O) groups excluding carboxylic acids is 2. The first-order chi connectivity index (χ1) is 18.0. The van der Waals surface area contributed by atoms with Crippen molar-refractivity contribution in [1.29, 1.82) is 0 Å². The number of alkyl halides is 3. The molecule has 198 valence electrons. The second-order valence-corrected chi connectivity index (χ2v) is 9.59. The van der Waals surface area contributed by atoms with Crippen LogP contribution in [0.3, 0.4) is 0 Å². The first-order valence-electron chi connectivity index (χ1n) is 12.1. The Balaban J connectivity index is 1.77. The highest BCUT2D eigenvalue weighted by Crippen LogP contribution is 2.41. The molecule has 0 bridgehead atoms. The number of pyridine rings is 1. The molecule has 1 aromatic heterocycles. The maximum absolute atomic E-state index is 13.3. The predicted octanol–water partition coefficient (Wildman–Crippen LogP) is 6.07. The van der Waals surface area contributed by atoms with Gasteiger partial charge in [0.05, 0.1) is 23.8 Å². The number of ketones is 1. The Labute approximate surface area is 218 Å². The third kappa shape index (κ3) is 5.56. The van der Waals surface area contributed by atoms with Crippen LogP contribution in [-0.2, 0) is 22.3 Å². The molecule has 1 unspecified atom stereocenters.